The molecule has 1 atom stereocenters. The van der Waals surface area contributed by atoms with E-state index in [1.54, 1.807) is 6.92 Å². The van der Waals surface area contributed by atoms with E-state index in [-0.39, 0.29) is 11.3 Å². The highest BCUT2D eigenvalue weighted by Gasteiger charge is 2.16. The van der Waals surface area contributed by atoms with Crippen LogP contribution in [-0.2, 0) is 0 Å². The molecule has 1 amide bonds. The number of carbonyl (C=O) groups is 1. The van der Waals surface area contributed by atoms with Crippen LogP contribution >= 0.6 is 0 Å². The van der Waals surface area contributed by atoms with Crippen LogP contribution in [0.4, 0.5) is 8.78 Å². The Balaban J connectivity index is 2.19. The lowest BCUT2D eigenvalue weighted by atomic mass is 10.1. The van der Waals surface area contributed by atoms with Crippen molar-refractivity contribution in [1.82, 2.24) is 5.32 Å². The standard InChI is InChI=1S/C16H15F2NO3/c1-9(10-3-5-13(17)14(18)7-10)19-16(21)12-8-11(22-2)4-6-15(12)20/h3-9,20H,1-2H3,(H,19,21). The number of methoxy groups -OCH3 is 1. The van der Waals surface area contributed by atoms with Crippen molar-refractivity contribution in [3.63, 3.8) is 0 Å². The molecule has 0 fully saturated rings. The molecule has 0 spiro atoms. The molecule has 2 aromatic carbocycles. The highest BCUT2D eigenvalue weighted by atomic mass is 19.2. The second-order valence-electron chi connectivity index (χ2n) is 4.75. The van der Waals surface area contributed by atoms with E-state index < -0.39 is 23.6 Å². The third-order valence-electron chi connectivity index (χ3n) is 3.24. The molecule has 0 aliphatic carbocycles. The van der Waals surface area contributed by atoms with Crippen molar-refractivity contribution in [2.45, 2.75) is 13.0 Å². The van der Waals surface area contributed by atoms with Crippen molar-refractivity contribution in [2.75, 3.05) is 7.11 Å². The Labute approximate surface area is 126 Å². The molecular formula is C16H15F2NO3. The van der Waals surface area contributed by atoms with E-state index in [1.165, 1.54) is 31.4 Å². The van der Waals surface area contributed by atoms with E-state index in [2.05, 4.69) is 5.32 Å². The average molecular weight is 307 g/mol. The maximum Gasteiger partial charge on any atom is 0.255 e. The fourth-order valence-corrected chi connectivity index (χ4v) is 1.96. The Morgan fingerprint density at radius 1 is 1.18 bits per heavy atom. The van der Waals surface area contributed by atoms with Crippen LogP contribution in [0, 0.1) is 11.6 Å². The molecule has 22 heavy (non-hydrogen) atoms. The number of halogens is 2. The van der Waals surface area contributed by atoms with Crippen LogP contribution in [0.15, 0.2) is 36.4 Å². The van der Waals surface area contributed by atoms with Gasteiger partial charge in [-0.1, -0.05) is 6.07 Å². The van der Waals surface area contributed by atoms with Gasteiger partial charge >= 0.3 is 0 Å². The lowest BCUT2D eigenvalue weighted by Gasteiger charge is -2.15. The number of carbonyl (C=O) groups excluding carboxylic acids is 1. The number of benzene rings is 2. The normalized spacial score (nSPS) is 11.8. The zero-order valence-electron chi connectivity index (χ0n) is 12.1. The van der Waals surface area contributed by atoms with Crippen molar-refractivity contribution in [1.29, 1.82) is 0 Å². The number of aromatic hydroxyl groups is 1. The Bertz CT molecular complexity index is 704. The monoisotopic (exact) mass is 307 g/mol. The average Bonchev–Trinajstić information content (AvgIpc) is 2.50. The number of hydrogen-bond donors (Lipinski definition) is 2. The van der Waals surface area contributed by atoms with Crippen LogP contribution in [0.5, 0.6) is 11.5 Å². The van der Waals surface area contributed by atoms with E-state index in [1.807, 2.05) is 0 Å². The van der Waals surface area contributed by atoms with Gasteiger partial charge in [0.15, 0.2) is 11.6 Å². The predicted octanol–water partition coefficient (Wildman–Crippen LogP) is 3.17. The number of phenols is 1. The molecule has 0 aliphatic rings. The van der Waals surface area contributed by atoms with Gasteiger partial charge in [-0.05, 0) is 42.8 Å². The second-order valence-corrected chi connectivity index (χ2v) is 4.75. The van der Waals surface area contributed by atoms with Crippen LogP contribution in [0.25, 0.3) is 0 Å². The first-order chi connectivity index (χ1) is 10.4. The van der Waals surface area contributed by atoms with E-state index in [4.69, 9.17) is 4.74 Å². The summed E-state index contributed by atoms with van der Waals surface area (Å²) in [4.78, 5) is 12.2. The van der Waals surface area contributed by atoms with Gasteiger partial charge in [0.25, 0.3) is 5.91 Å². The number of rotatable bonds is 4. The molecule has 116 valence electrons. The molecule has 0 saturated carbocycles. The fraction of sp³-hybridized carbons (Fsp3) is 0.188. The first-order valence-electron chi connectivity index (χ1n) is 6.55. The molecule has 2 N–H and O–H groups in total. The molecule has 0 heterocycles. The van der Waals surface area contributed by atoms with Crippen LogP contribution in [-0.4, -0.2) is 18.1 Å². The molecule has 0 aliphatic heterocycles. The molecule has 1 unspecified atom stereocenters. The topological polar surface area (TPSA) is 58.6 Å². The Morgan fingerprint density at radius 2 is 1.91 bits per heavy atom. The van der Waals surface area contributed by atoms with Crippen molar-refractivity contribution >= 4 is 5.91 Å². The van der Waals surface area contributed by atoms with Crippen molar-refractivity contribution in [2.24, 2.45) is 0 Å². The predicted molar refractivity (Wildman–Crippen MR) is 76.9 cm³/mol. The van der Waals surface area contributed by atoms with Gasteiger partial charge in [0, 0.05) is 0 Å². The third kappa shape index (κ3) is 3.33. The number of phenolic OH excluding ortho intramolecular Hbond substituents is 1. The minimum Gasteiger partial charge on any atom is -0.507 e. The SMILES string of the molecule is COc1ccc(O)c(C(=O)NC(C)c2ccc(F)c(F)c2)c1. The first-order valence-corrected chi connectivity index (χ1v) is 6.55. The molecule has 2 rings (SSSR count). The first kappa shape index (κ1) is 15.8. The highest BCUT2D eigenvalue weighted by molar-refractivity contribution is 5.97. The zero-order valence-corrected chi connectivity index (χ0v) is 12.1. The van der Waals surface area contributed by atoms with E-state index in [0.29, 0.717) is 11.3 Å². The summed E-state index contributed by atoms with van der Waals surface area (Å²) < 4.78 is 31.1. The Morgan fingerprint density at radius 3 is 2.55 bits per heavy atom. The van der Waals surface area contributed by atoms with E-state index in [0.717, 1.165) is 12.1 Å². The van der Waals surface area contributed by atoms with Gasteiger partial charge in [-0.2, -0.15) is 0 Å². The second kappa shape index (κ2) is 6.43. The lowest BCUT2D eigenvalue weighted by molar-refractivity contribution is 0.0936. The minimum absolute atomic E-state index is 0.0359. The smallest absolute Gasteiger partial charge is 0.255 e. The molecule has 0 saturated heterocycles. The number of ether oxygens (including phenoxy) is 1. The van der Waals surface area contributed by atoms with Crippen molar-refractivity contribution < 1.29 is 23.4 Å². The Kier molecular flexibility index (Phi) is 4.60. The van der Waals surface area contributed by atoms with Gasteiger partial charge in [-0.3, -0.25) is 4.79 Å². The Hall–Kier alpha value is -2.63. The number of nitrogens with one attached hydrogen (secondary N) is 1. The lowest BCUT2D eigenvalue weighted by Crippen LogP contribution is -2.26. The van der Waals surface area contributed by atoms with Gasteiger partial charge in [-0.15, -0.1) is 0 Å². The third-order valence-corrected chi connectivity index (χ3v) is 3.24. The molecule has 0 bridgehead atoms. The largest absolute Gasteiger partial charge is 0.507 e. The summed E-state index contributed by atoms with van der Waals surface area (Å²) in [5.74, 6) is -2.26. The zero-order chi connectivity index (χ0) is 16.3. The van der Waals surface area contributed by atoms with Crippen LogP contribution in [0.2, 0.25) is 0 Å². The molecular weight excluding hydrogens is 292 g/mol. The highest BCUT2D eigenvalue weighted by Crippen LogP contribution is 2.24. The van der Waals surface area contributed by atoms with Gasteiger partial charge < -0.3 is 15.2 Å². The molecule has 0 aromatic heterocycles. The van der Waals surface area contributed by atoms with Crippen LogP contribution < -0.4 is 10.1 Å². The maximum absolute atomic E-state index is 13.2. The van der Waals surface area contributed by atoms with Crippen molar-refractivity contribution in [3.05, 3.63) is 59.2 Å². The minimum atomic E-state index is -0.983. The quantitative estimate of drug-likeness (QED) is 0.912. The van der Waals surface area contributed by atoms with Crippen LogP contribution in [0.3, 0.4) is 0 Å². The van der Waals surface area contributed by atoms with Crippen molar-refractivity contribution in [3.8, 4) is 11.5 Å². The summed E-state index contributed by atoms with van der Waals surface area (Å²) in [6.07, 6.45) is 0. The summed E-state index contributed by atoms with van der Waals surface area (Å²) in [7, 11) is 1.44. The molecule has 4 nitrogen and oxygen atoms in total. The summed E-state index contributed by atoms with van der Waals surface area (Å²) in [5, 5.41) is 12.3. The summed E-state index contributed by atoms with van der Waals surface area (Å²) in [5.41, 5.74) is 0.448. The number of hydrogen-bond acceptors (Lipinski definition) is 3. The molecule has 0 radical (unpaired) electrons. The number of amides is 1. The van der Waals surface area contributed by atoms with E-state index >= 15 is 0 Å². The summed E-state index contributed by atoms with van der Waals surface area (Å²) >= 11 is 0. The van der Waals surface area contributed by atoms with Gasteiger partial charge in [0.2, 0.25) is 0 Å². The van der Waals surface area contributed by atoms with Gasteiger partial charge in [-0.25, -0.2) is 8.78 Å². The van der Waals surface area contributed by atoms with Gasteiger partial charge in [0.05, 0.1) is 18.7 Å². The fourth-order valence-electron chi connectivity index (χ4n) is 1.96. The summed E-state index contributed by atoms with van der Waals surface area (Å²) in [6, 6.07) is 7.09. The summed E-state index contributed by atoms with van der Waals surface area (Å²) in [6.45, 7) is 1.63. The molecule has 6 heteroatoms. The van der Waals surface area contributed by atoms with Crippen LogP contribution in [0.1, 0.15) is 28.9 Å². The maximum atomic E-state index is 13.2. The van der Waals surface area contributed by atoms with Gasteiger partial charge in [0.1, 0.15) is 11.5 Å². The molecule has 2 aromatic rings. The van der Waals surface area contributed by atoms with E-state index in [9.17, 15) is 18.7 Å².